The Hall–Kier alpha value is -0.120. The highest BCUT2D eigenvalue weighted by Crippen LogP contribution is 2.28. The second-order valence-electron chi connectivity index (χ2n) is 4.30. The van der Waals surface area contributed by atoms with Crippen molar-refractivity contribution in [3.8, 4) is 0 Å². The van der Waals surface area contributed by atoms with Crippen LogP contribution in [-0.4, -0.2) is 44.3 Å². The van der Waals surface area contributed by atoms with Gasteiger partial charge in [-0.2, -0.15) is 0 Å². The van der Waals surface area contributed by atoms with E-state index in [1.807, 2.05) is 0 Å². The summed E-state index contributed by atoms with van der Waals surface area (Å²) in [6, 6.07) is 0.513. The van der Waals surface area contributed by atoms with Gasteiger partial charge in [-0.15, -0.1) is 0 Å². The molecule has 1 atom stereocenters. The molecule has 3 nitrogen and oxygen atoms in total. The molecule has 1 saturated carbocycles. The number of likely N-dealkylation sites (N-methyl/N-ethyl adjacent to an activating group) is 1. The zero-order valence-corrected chi connectivity index (χ0v) is 9.54. The molecule has 0 bridgehead atoms. The number of hydrogen-bond donors (Lipinski definition) is 1. The molecule has 0 heterocycles. The summed E-state index contributed by atoms with van der Waals surface area (Å²) >= 11 is 0. The van der Waals surface area contributed by atoms with E-state index in [0.717, 1.165) is 38.6 Å². The Balaban J connectivity index is 1.97. The standard InChI is InChI=1S/C11H24N2O/c1-3-11(8-12)13(2)6-7-14-9-10-4-5-10/h10-11H,3-9,12H2,1-2H3. The Kier molecular flexibility index (Phi) is 5.45. The fourth-order valence-corrected chi connectivity index (χ4v) is 1.58. The van der Waals surface area contributed by atoms with Crippen LogP contribution in [0.2, 0.25) is 0 Å². The molecule has 1 fully saturated rings. The van der Waals surface area contributed by atoms with E-state index >= 15 is 0 Å². The second kappa shape index (κ2) is 6.38. The van der Waals surface area contributed by atoms with Crippen molar-refractivity contribution >= 4 is 0 Å². The van der Waals surface area contributed by atoms with Crippen LogP contribution in [0.3, 0.4) is 0 Å². The number of nitrogens with zero attached hydrogens (tertiary/aromatic N) is 1. The third-order valence-electron chi connectivity index (χ3n) is 3.01. The van der Waals surface area contributed by atoms with Crippen LogP contribution in [0, 0.1) is 5.92 Å². The molecule has 0 saturated heterocycles. The summed E-state index contributed by atoms with van der Waals surface area (Å²) in [6.45, 7) is 5.74. The number of nitrogens with two attached hydrogens (primary N) is 1. The van der Waals surface area contributed by atoms with Crippen LogP contribution < -0.4 is 5.73 Å². The van der Waals surface area contributed by atoms with E-state index in [2.05, 4.69) is 18.9 Å². The predicted molar refractivity (Wildman–Crippen MR) is 59.3 cm³/mol. The van der Waals surface area contributed by atoms with E-state index in [4.69, 9.17) is 10.5 Å². The lowest BCUT2D eigenvalue weighted by Gasteiger charge is -2.25. The Labute approximate surface area is 87.6 Å². The lowest BCUT2D eigenvalue weighted by Crippen LogP contribution is -2.39. The smallest absolute Gasteiger partial charge is 0.0593 e. The van der Waals surface area contributed by atoms with Crippen molar-refractivity contribution in [2.24, 2.45) is 11.7 Å². The monoisotopic (exact) mass is 200 g/mol. The first kappa shape index (κ1) is 12.0. The Morgan fingerprint density at radius 1 is 1.50 bits per heavy atom. The van der Waals surface area contributed by atoms with Gasteiger partial charge in [0.25, 0.3) is 0 Å². The molecule has 3 heteroatoms. The fraction of sp³-hybridized carbons (Fsp3) is 1.00. The maximum absolute atomic E-state index is 5.66. The molecular formula is C11H24N2O. The van der Waals surface area contributed by atoms with Gasteiger partial charge in [0.2, 0.25) is 0 Å². The number of rotatable bonds is 8. The highest BCUT2D eigenvalue weighted by atomic mass is 16.5. The van der Waals surface area contributed by atoms with Crippen molar-refractivity contribution in [3.63, 3.8) is 0 Å². The summed E-state index contributed by atoms with van der Waals surface area (Å²) in [5.41, 5.74) is 5.66. The van der Waals surface area contributed by atoms with Crippen LogP contribution in [0.25, 0.3) is 0 Å². The van der Waals surface area contributed by atoms with Crippen molar-refractivity contribution in [1.29, 1.82) is 0 Å². The van der Waals surface area contributed by atoms with E-state index in [1.165, 1.54) is 12.8 Å². The number of hydrogen-bond acceptors (Lipinski definition) is 3. The van der Waals surface area contributed by atoms with Gasteiger partial charge in [0.05, 0.1) is 6.61 Å². The topological polar surface area (TPSA) is 38.5 Å². The van der Waals surface area contributed by atoms with Crippen LogP contribution >= 0.6 is 0 Å². The molecule has 0 aromatic heterocycles. The summed E-state index contributed by atoms with van der Waals surface area (Å²) in [6.07, 6.45) is 3.86. The molecule has 1 unspecified atom stereocenters. The fourth-order valence-electron chi connectivity index (χ4n) is 1.58. The van der Waals surface area contributed by atoms with Crippen molar-refractivity contribution in [2.45, 2.75) is 32.2 Å². The Bertz CT molecular complexity index is 144. The molecule has 0 spiro atoms. The van der Waals surface area contributed by atoms with E-state index in [1.54, 1.807) is 0 Å². The molecule has 0 amide bonds. The first-order valence-electron chi connectivity index (χ1n) is 5.76. The van der Waals surface area contributed by atoms with E-state index in [-0.39, 0.29) is 0 Å². The molecular weight excluding hydrogens is 176 g/mol. The molecule has 0 radical (unpaired) electrons. The molecule has 0 aromatic carbocycles. The highest BCUT2D eigenvalue weighted by Gasteiger charge is 2.21. The molecule has 1 rings (SSSR count). The zero-order chi connectivity index (χ0) is 10.4. The van der Waals surface area contributed by atoms with Gasteiger partial charge >= 0.3 is 0 Å². The van der Waals surface area contributed by atoms with Crippen molar-refractivity contribution in [1.82, 2.24) is 4.90 Å². The maximum Gasteiger partial charge on any atom is 0.0593 e. The minimum absolute atomic E-state index is 0.513. The van der Waals surface area contributed by atoms with Crippen LogP contribution in [0.4, 0.5) is 0 Å². The summed E-state index contributed by atoms with van der Waals surface area (Å²) in [5.74, 6) is 0.872. The van der Waals surface area contributed by atoms with E-state index in [9.17, 15) is 0 Å². The Morgan fingerprint density at radius 3 is 2.71 bits per heavy atom. The van der Waals surface area contributed by atoms with Gasteiger partial charge in [-0.3, -0.25) is 4.90 Å². The van der Waals surface area contributed by atoms with Crippen molar-refractivity contribution < 1.29 is 4.74 Å². The van der Waals surface area contributed by atoms with Gasteiger partial charge < -0.3 is 10.5 Å². The average Bonchev–Trinajstić information content (AvgIpc) is 2.98. The zero-order valence-electron chi connectivity index (χ0n) is 9.54. The SMILES string of the molecule is CCC(CN)N(C)CCOCC1CC1. The molecule has 84 valence electrons. The van der Waals surface area contributed by atoms with Crippen LogP contribution in [-0.2, 0) is 4.74 Å². The number of ether oxygens (including phenoxy) is 1. The second-order valence-corrected chi connectivity index (χ2v) is 4.30. The molecule has 1 aliphatic carbocycles. The van der Waals surface area contributed by atoms with E-state index < -0.39 is 0 Å². The quantitative estimate of drug-likeness (QED) is 0.596. The van der Waals surface area contributed by atoms with Gasteiger partial charge in [-0.25, -0.2) is 0 Å². The first-order chi connectivity index (χ1) is 6.77. The molecule has 0 aliphatic heterocycles. The minimum atomic E-state index is 0.513. The minimum Gasteiger partial charge on any atom is -0.380 e. The summed E-state index contributed by atoms with van der Waals surface area (Å²) in [4.78, 5) is 2.30. The Morgan fingerprint density at radius 2 is 2.21 bits per heavy atom. The van der Waals surface area contributed by atoms with E-state index in [0.29, 0.717) is 6.04 Å². The van der Waals surface area contributed by atoms with Crippen LogP contribution in [0.5, 0.6) is 0 Å². The van der Waals surface area contributed by atoms with Crippen LogP contribution in [0.15, 0.2) is 0 Å². The van der Waals surface area contributed by atoms with Crippen molar-refractivity contribution in [3.05, 3.63) is 0 Å². The lowest BCUT2D eigenvalue weighted by atomic mass is 10.2. The largest absolute Gasteiger partial charge is 0.380 e. The predicted octanol–water partition coefficient (Wildman–Crippen LogP) is 1.08. The van der Waals surface area contributed by atoms with Gasteiger partial charge in [0.15, 0.2) is 0 Å². The molecule has 0 aromatic rings. The van der Waals surface area contributed by atoms with Gasteiger partial charge in [-0.05, 0) is 32.2 Å². The normalized spacial score (nSPS) is 18.9. The first-order valence-corrected chi connectivity index (χ1v) is 5.76. The summed E-state index contributed by atoms with van der Waals surface area (Å²) in [7, 11) is 2.13. The highest BCUT2D eigenvalue weighted by molar-refractivity contribution is 4.72. The molecule has 2 N–H and O–H groups in total. The third kappa shape index (κ3) is 4.40. The van der Waals surface area contributed by atoms with Gasteiger partial charge in [0.1, 0.15) is 0 Å². The summed E-state index contributed by atoms with van der Waals surface area (Å²) < 4.78 is 5.58. The van der Waals surface area contributed by atoms with Crippen LogP contribution in [0.1, 0.15) is 26.2 Å². The molecule has 1 aliphatic rings. The van der Waals surface area contributed by atoms with Gasteiger partial charge in [-0.1, -0.05) is 6.92 Å². The summed E-state index contributed by atoms with van der Waals surface area (Å²) in [5, 5.41) is 0. The van der Waals surface area contributed by atoms with Gasteiger partial charge in [0, 0.05) is 25.7 Å². The van der Waals surface area contributed by atoms with Crippen molar-refractivity contribution in [2.75, 3.05) is 33.4 Å². The average molecular weight is 200 g/mol. The maximum atomic E-state index is 5.66. The third-order valence-corrected chi connectivity index (χ3v) is 3.01. The molecule has 14 heavy (non-hydrogen) atoms. The lowest BCUT2D eigenvalue weighted by molar-refractivity contribution is 0.0916.